The average molecular weight is 360 g/mol. The summed E-state index contributed by atoms with van der Waals surface area (Å²) in [6, 6.07) is 21.2. The quantitative estimate of drug-likeness (QED) is 0.580. The summed E-state index contributed by atoms with van der Waals surface area (Å²) in [5.41, 5.74) is 3.88. The van der Waals surface area contributed by atoms with Gasteiger partial charge in [0.15, 0.2) is 5.13 Å². The van der Waals surface area contributed by atoms with Crippen LogP contribution in [0.15, 0.2) is 72.1 Å². The smallest absolute Gasteiger partial charge is 0.276 e. The Bertz CT molecular complexity index is 1040. The first kappa shape index (κ1) is 16.2. The van der Waals surface area contributed by atoms with Crippen molar-refractivity contribution in [3.8, 4) is 16.9 Å². The minimum absolute atomic E-state index is 0.238. The topological polar surface area (TPSA) is 59.8 Å². The minimum atomic E-state index is -0.238. The van der Waals surface area contributed by atoms with Crippen molar-refractivity contribution >= 4 is 22.4 Å². The first-order valence-corrected chi connectivity index (χ1v) is 9.03. The van der Waals surface area contributed by atoms with E-state index in [1.165, 1.54) is 11.3 Å². The Morgan fingerprint density at radius 3 is 2.38 bits per heavy atom. The maximum absolute atomic E-state index is 12.9. The van der Waals surface area contributed by atoms with E-state index in [1.807, 2.05) is 73.0 Å². The van der Waals surface area contributed by atoms with Crippen molar-refractivity contribution in [2.75, 3.05) is 5.32 Å². The lowest BCUT2D eigenvalue weighted by Crippen LogP contribution is -2.16. The molecule has 0 fully saturated rings. The van der Waals surface area contributed by atoms with Crippen molar-refractivity contribution < 1.29 is 4.79 Å². The second-order valence-corrected chi connectivity index (χ2v) is 6.63. The van der Waals surface area contributed by atoms with E-state index < -0.39 is 0 Å². The normalized spacial score (nSPS) is 10.7. The largest absolute Gasteiger partial charge is 0.296 e. The van der Waals surface area contributed by atoms with E-state index in [2.05, 4.69) is 15.4 Å². The Morgan fingerprint density at radius 2 is 1.73 bits per heavy atom. The number of nitrogens with zero attached hydrogens (tertiary/aromatic N) is 3. The highest BCUT2D eigenvalue weighted by atomic mass is 32.1. The van der Waals surface area contributed by atoms with Crippen molar-refractivity contribution in [2.24, 2.45) is 0 Å². The molecule has 128 valence electrons. The number of benzene rings is 2. The molecule has 0 saturated heterocycles. The van der Waals surface area contributed by atoms with Gasteiger partial charge in [0.25, 0.3) is 5.91 Å². The molecule has 26 heavy (non-hydrogen) atoms. The Balaban J connectivity index is 1.76. The number of anilines is 1. The van der Waals surface area contributed by atoms with Crippen LogP contribution in [0, 0.1) is 6.92 Å². The number of hydrogen-bond donors (Lipinski definition) is 1. The number of aromatic nitrogens is 3. The number of thiazole rings is 1. The number of aryl methyl sites for hydroxylation is 1. The number of para-hydroxylation sites is 1. The molecule has 2 heterocycles. The maximum Gasteiger partial charge on any atom is 0.276 e. The third kappa shape index (κ3) is 3.27. The van der Waals surface area contributed by atoms with E-state index in [-0.39, 0.29) is 5.91 Å². The highest BCUT2D eigenvalue weighted by Crippen LogP contribution is 2.23. The minimum Gasteiger partial charge on any atom is -0.296 e. The van der Waals surface area contributed by atoms with Gasteiger partial charge in [-0.1, -0.05) is 48.5 Å². The van der Waals surface area contributed by atoms with Gasteiger partial charge >= 0.3 is 0 Å². The zero-order valence-corrected chi connectivity index (χ0v) is 14.9. The Hall–Kier alpha value is -3.25. The summed E-state index contributed by atoms with van der Waals surface area (Å²) in [5.74, 6) is -0.238. The predicted octanol–water partition coefficient (Wildman–Crippen LogP) is 4.56. The first-order chi connectivity index (χ1) is 12.7. The number of rotatable bonds is 4. The third-order valence-electron chi connectivity index (χ3n) is 3.85. The summed E-state index contributed by atoms with van der Waals surface area (Å²) in [6.45, 7) is 1.90. The van der Waals surface area contributed by atoms with Crippen molar-refractivity contribution in [3.63, 3.8) is 0 Å². The van der Waals surface area contributed by atoms with Crippen LogP contribution in [-0.4, -0.2) is 20.7 Å². The van der Waals surface area contributed by atoms with Crippen LogP contribution in [-0.2, 0) is 0 Å². The van der Waals surface area contributed by atoms with Crippen LogP contribution >= 0.6 is 11.3 Å². The van der Waals surface area contributed by atoms with E-state index in [4.69, 9.17) is 0 Å². The van der Waals surface area contributed by atoms with Crippen LogP contribution < -0.4 is 5.32 Å². The first-order valence-electron chi connectivity index (χ1n) is 8.15. The van der Waals surface area contributed by atoms with Gasteiger partial charge in [0.05, 0.1) is 17.1 Å². The maximum atomic E-state index is 12.9. The van der Waals surface area contributed by atoms with Gasteiger partial charge in [-0.25, -0.2) is 9.67 Å². The molecule has 4 rings (SSSR count). The van der Waals surface area contributed by atoms with Crippen molar-refractivity contribution in [1.29, 1.82) is 0 Å². The zero-order valence-electron chi connectivity index (χ0n) is 14.1. The third-order valence-corrected chi connectivity index (χ3v) is 4.73. The van der Waals surface area contributed by atoms with Crippen LogP contribution in [0.5, 0.6) is 0 Å². The molecule has 0 spiro atoms. The molecule has 0 saturated carbocycles. The van der Waals surface area contributed by atoms with E-state index in [1.54, 1.807) is 10.7 Å². The molecule has 2 aromatic carbocycles. The van der Waals surface area contributed by atoms with Crippen LogP contribution in [0.3, 0.4) is 0 Å². The van der Waals surface area contributed by atoms with Gasteiger partial charge in [-0.3, -0.25) is 10.1 Å². The Morgan fingerprint density at radius 1 is 1.04 bits per heavy atom. The van der Waals surface area contributed by atoms with Gasteiger partial charge in [0.1, 0.15) is 5.69 Å². The van der Waals surface area contributed by atoms with Crippen molar-refractivity contribution in [1.82, 2.24) is 14.8 Å². The molecule has 6 heteroatoms. The molecule has 0 atom stereocenters. The lowest BCUT2D eigenvalue weighted by atomic mass is 10.1. The second-order valence-electron chi connectivity index (χ2n) is 5.78. The fraction of sp³-hybridized carbons (Fsp3) is 0.0500. The molecule has 0 unspecified atom stereocenters. The van der Waals surface area contributed by atoms with E-state index >= 15 is 0 Å². The molecule has 5 nitrogen and oxygen atoms in total. The standard InChI is InChI=1S/C20H16N4OS/c1-14-13-26-20(21-14)22-19(25)18-12-17(15-8-4-2-5-9-15)23-24(18)16-10-6-3-7-11-16/h2-13H,1H3,(H,21,22,25). The SMILES string of the molecule is Cc1csc(NC(=O)c2cc(-c3ccccc3)nn2-c2ccccc2)n1. The number of hydrogen-bond acceptors (Lipinski definition) is 4. The Kier molecular flexibility index (Phi) is 4.33. The van der Waals surface area contributed by atoms with Gasteiger partial charge in [-0.15, -0.1) is 11.3 Å². The van der Waals surface area contributed by atoms with Gasteiger partial charge in [0, 0.05) is 10.9 Å². The van der Waals surface area contributed by atoms with Crippen molar-refractivity contribution in [2.45, 2.75) is 6.92 Å². The van der Waals surface area contributed by atoms with Gasteiger partial charge in [-0.05, 0) is 25.1 Å². The monoisotopic (exact) mass is 360 g/mol. The molecule has 1 N–H and O–H groups in total. The zero-order chi connectivity index (χ0) is 17.9. The van der Waals surface area contributed by atoms with E-state index in [0.717, 1.165) is 22.6 Å². The van der Waals surface area contributed by atoms with Crippen LogP contribution in [0.2, 0.25) is 0 Å². The van der Waals surface area contributed by atoms with E-state index in [9.17, 15) is 4.79 Å². The van der Waals surface area contributed by atoms with Crippen LogP contribution in [0.4, 0.5) is 5.13 Å². The molecular formula is C20H16N4OS. The molecular weight excluding hydrogens is 344 g/mol. The summed E-state index contributed by atoms with van der Waals surface area (Å²) >= 11 is 1.40. The fourth-order valence-electron chi connectivity index (χ4n) is 2.63. The summed E-state index contributed by atoms with van der Waals surface area (Å²) in [7, 11) is 0. The van der Waals surface area contributed by atoms with Gasteiger partial charge < -0.3 is 0 Å². The van der Waals surface area contributed by atoms with E-state index in [0.29, 0.717) is 10.8 Å². The molecule has 1 amide bonds. The number of nitrogens with one attached hydrogen (secondary N) is 1. The van der Waals surface area contributed by atoms with Crippen LogP contribution in [0.1, 0.15) is 16.2 Å². The van der Waals surface area contributed by atoms with Crippen LogP contribution in [0.25, 0.3) is 16.9 Å². The molecule has 0 bridgehead atoms. The van der Waals surface area contributed by atoms with Gasteiger partial charge in [0.2, 0.25) is 0 Å². The lowest BCUT2D eigenvalue weighted by molar-refractivity contribution is 0.101. The average Bonchev–Trinajstić information content (AvgIpc) is 3.30. The molecule has 4 aromatic rings. The highest BCUT2D eigenvalue weighted by Gasteiger charge is 2.18. The summed E-state index contributed by atoms with van der Waals surface area (Å²) in [4.78, 5) is 17.2. The summed E-state index contributed by atoms with van der Waals surface area (Å²) < 4.78 is 1.66. The summed E-state index contributed by atoms with van der Waals surface area (Å²) in [6.07, 6.45) is 0. The molecule has 2 aromatic heterocycles. The fourth-order valence-corrected chi connectivity index (χ4v) is 3.31. The Labute approximate surface area is 155 Å². The molecule has 0 aliphatic carbocycles. The van der Waals surface area contributed by atoms with Gasteiger partial charge in [-0.2, -0.15) is 5.10 Å². The highest BCUT2D eigenvalue weighted by molar-refractivity contribution is 7.13. The number of carbonyl (C=O) groups is 1. The molecule has 0 aliphatic heterocycles. The number of amides is 1. The molecule has 0 radical (unpaired) electrons. The van der Waals surface area contributed by atoms with Crippen molar-refractivity contribution in [3.05, 3.63) is 83.5 Å². The second kappa shape index (κ2) is 6.93. The predicted molar refractivity (Wildman–Crippen MR) is 104 cm³/mol. The lowest BCUT2D eigenvalue weighted by Gasteiger charge is -2.06. The number of carbonyl (C=O) groups excluding carboxylic acids is 1. The molecule has 0 aliphatic rings. The summed E-state index contributed by atoms with van der Waals surface area (Å²) in [5, 5.41) is 10.00.